The summed E-state index contributed by atoms with van der Waals surface area (Å²) >= 11 is 1.55. The van der Waals surface area contributed by atoms with Crippen molar-refractivity contribution in [3.8, 4) is 0 Å². The molecule has 0 aliphatic carbocycles. The number of hydrogen-bond donors (Lipinski definition) is 4. The molecule has 0 spiro atoms. The molecule has 0 saturated carbocycles. The van der Waals surface area contributed by atoms with E-state index in [9.17, 15) is 14.7 Å². The highest BCUT2D eigenvalue weighted by molar-refractivity contribution is 7.09. The van der Waals surface area contributed by atoms with Crippen LogP contribution in [-0.2, 0) is 11.2 Å². The molecule has 0 aliphatic heterocycles. The molecule has 1 rings (SSSR count). The molecule has 7 nitrogen and oxygen atoms in total. The van der Waals surface area contributed by atoms with Crippen LogP contribution in [0.25, 0.3) is 0 Å². The highest BCUT2D eigenvalue weighted by Crippen LogP contribution is 2.08. The average molecular weight is 301 g/mol. The van der Waals surface area contributed by atoms with Crippen LogP contribution in [0, 0.1) is 6.92 Å². The minimum atomic E-state index is -1.46. The lowest BCUT2D eigenvalue weighted by Gasteiger charge is -2.21. The molecule has 0 fully saturated rings. The van der Waals surface area contributed by atoms with E-state index in [1.54, 1.807) is 11.3 Å². The van der Waals surface area contributed by atoms with Crippen molar-refractivity contribution in [2.75, 3.05) is 13.1 Å². The first kappa shape index (κ1) is 16.4. The van der Waals surface area contributed by atoms with Crippen LogP contribution in [0.5, 0.6) is 0 Å². The Morgan fingerprint density at radius 1 is 1.45 bits per heavy atom. The molecular formula is C12H19N3O4S. The van der Waals surface area contributed by atoms with Crippen molar-refractivity contribution in [3.63, 3.8) is 0 Å². The Kier molecular flexibility index (Phi) is 5.90. The second-order valence-corrected chi connectivity index (χ2v) is 5.85. The van der Waals surface area contributed by atoms with E-state index in [1.165, 1.54) is 6.92 Å². The number of hydrogen-bond acceptors (Lipinski definition) is 5. The van der Waals surface area contributed by atoms with E-state index in [1.807, 2.05) is 12.3 Å². The third-order valence-corrected chi connectivity index (χ3v) is 3.32. The van der Waals surface area contributed by atoms with Crippen LogP contribution in [-0.4, -0.2) is 45.9 Å². The van der Waals surface area contributed by atoms with Crippen molar-refractivity contribution in [1.82, 2.24) is 15.6 Å². The molecule has 0 saturated heterocycles. The molecule has 1 unspecified atom stereocenters. The van der Waals surface area contributed by atoms with Gasteiger partial charge in [0, 0.05) is 24.9 Å². The zero-order valence-electron chi connectivity index (χ0n) is 11.5. The number of urea groups is 1. The van der Waals surface area contributed by atoms with E-state index < -0.39 is 24.0 Å². The Bertz CT molecular complexity index is 473. The predicted octanol–water partition coefficient (Wildman–Crippen LogP) is 0.519. The number of carboxylic acids is 1. The molecule has 8 heteroatoms. The number of aliphatic hydroxyl groups is 1. The number of carboxylic acid groups (broad SMARTS) is 1. The average Bonchev–Trinajstić information content (AvgIpc) is 2.71. The van der Waals surface area contributed by atoms with Crippen molar-refractivity contribution in [1.29, 1.82) is 0 Å². The number of thiazole rings is 1. The van der Waals surface area contributed by atoms with Gasteiger partial charge < -0.3 is 20.8 Å². The Labute approximate surface area is 121 Å². The predicted molar refractivity (Wildman–Crippen MR) is 74.8 cm³/mol. The summed E-state index contributed by atoms with van der Waals surface area (Å²) in [5, 5.41) is 26.3. The summed E-state index contributed by atoms with van der Waals surface area (Å²) in [5.41, 5.74) is -0.541. The van der Waals surface area contributed by atoms with Gasteiger partial charge in [0.25, 0.3) is 0 Å². The number of aryl methyl sites for hydroxylation is 1. The zero-order valence-corrected chi connectivity index (χ0v) is 12.3. The molecular weight excluding hydrogens is 282 g/mol. The Hall–Kier alpha value is -1.67. The van der Waals surface area contributed by atoms with Crippen LogP contribution in [0.4, 0.5) is 4.79 Å². The number of carbonyl (C=O) groups is 2. The van der Waals surface area contributed by atoms with Crippen LogP contribution in [0.2, 0.25) is 0 Å². The number of rotatable bonds is 7. The molecule has 112 valence electrons. The van der Waals surface area contributed by atoms with E-state index in [4.69, 9.17) is 5.11 Å². The number of amides is 2. The summed E-state index contributed by atoms with van der Waals surface area (Å²) < 4.78 is 0. The van der Waals surface area contributed by atoms with E-state index in [2.05, 4.69) is 15.6 Å². The molecule has 20 heavy (non-hydrogen) atoms. The second-order valence-electron chi connectivity index (χ2n) is 4.78. The maximum atomic E-state index is 11.5. The van der Waals surface area contributed by atoms with Gasteiger partial charge >= 0.3 is 12.0 Å². The standard InChI is InChI=1S/C12H19N3O4S/c1-8-15-9(6-20-8)3-4-13-11(18)14-7-12(2,19)5-10(16)17/h6,19H,3-5,7H2,1-2H3,(H,16,17)(H2,13,14,18). The van der Waals surface area contributed by atoms with Crippen molar-refractivity contribution in [2.24, 2.45) is 0 Å². The molecule has 1 aromatic rings. The largest absolute Gasteiger partial charge is 0.481 e. The number of carbonyl (C=O) groups excluding carboxylic acids is 1. The summed E-state index contributed by atoms with van der Waals surface area (Å²) in [6, 6.07) is -0.442. The van der Waals surface area contributed by atoms with Gasteiger partial charge in [0.05, 0.1) is 22.7 Å². The molecule has 0 aromatic carbocycles. The monoisotopic (exact) mass is 301 g/mol. The fourth-order valence-electron chi connectivity index (χ4n) is 1.55. The van der Waals surface area contributed by atoms with Gasteiger partial charge in [-0.05, 0) is 13.8 Å². The minimum Gasteiger partial charge on any atom is -0.481 e. The number of nitrogens with zero attached hydrogens (tertiary/aromatic N) is 1. The van der Waals surface area contributed by atoms with Gasteiger partial charge in [0.1, 0.15) is 0 Å². The van der Waals surface area contributed by atoms with Gasteiger partial charge in [-0.15, -0.1) is 11.3 Å². The smallest absolute Gasteiger partial charge is 0.314 e. The number of aromatic nitrogens is 1. The number of aliphatic carboxylic acids is 1. The normalized spacial score (nSPS) is 13.6. The van der Waals surface area contributed by atoms with E-state index in [0.29, 0.717) is 13.0 Å². The van der Waals surface area contributed by atoms with Crippen LogP contribution >= 0.6 is 11.3 Å². The summed E-state index contributed by atoms with van der Waals surface area (Å²) in [7, 11) is 0. The fraction of sp³-hybridized carbons (Fsp3) is 0.583. The van der Waals surface area contributed by atoms with E-state index >= 15 is 0 Å². The molecule has 4 N–H and O–H groups in total. The summed E-state index contributed by atoms with van der Waals surface area (Å²) in [5.74, 6) is -1.11. The third kappa shape index (κ3) is 6.48. The first-order chi connectivity index (χ1) is 9.28. The van der Waals surface area contributed by atoms with E-state index in [-0.39, 0.29) is 6.54 Å². The molecule has 2 amide bonds. The van der Waals surface area contributed by atoms with Crippen LogP contribution in [0.15, 0.2) is 5.38 Å². The van der Waals surface area contributed by atoms with Crippen molar-refractivity contribution in [3.05, 3.63) is 16.1 Å². The van der Waals surface area contributed by atoms with Gasteiger partial charge in [-0.3, -0.25) is 4.79 Å². The lowest BCUT2D eigenvalue weighted by Crippen LogP contribution is -2.46. The van der Waals surface area contributed by atoms with E-state index in [0.717, 1.165) is 10.7 Å². The first-order valence-electron chi connectivity index (χ1n) is 6.15. The summed E-state index contributed by atoms with van der Waals surface area (Å²) in [6.45, 7) is 3.58. The van der Waals surface area contributed by atoms with Gasteiger partial charge in [0.2, 0.25) is 0 Å². The third-order valence-electron chi connectivity index (χ3n) is 2.50. The highest BCUT2D eigenvalue weighted by atomic mass is 32.1. The van der Waals surface area contributed by atoms with Crippen LogP contribution in [0.1, 0.15) is 24.0 Å². The second kappa shape index (κ2) is 7.20. The minimum absolute atomic E-state index is 0.124. The molecule has 0 bridgehead atoms. The fourth-order valence-corrected chi connectivity index (χ4v) is 2.20. The van der Waals surface area contributed by atoms with Crippen molar-refractivity contribution in [2.45, 2.75) is 32.3 Å². The highest BCUT2D eigenvalue weighted by Gasteiger charge is 2.24. The Balaban J connectivity index is 2.22. The van der Waals surface area contributed by atoms with Gasteiger partial charge in [-0.25, -0.2) is 9.78 Å². The summed E-state index contributed by atoms with van der Waals surface area (Å²) in [4.78, 5) is 26.2. The lowest BCUT2D eigenvalue weighted by molar-refractivity contribution is -0.141. The number of nitrogens with one attached hydrogen (secondary N) is 2. The SMILES string of the molecule is Cc1nc(CCNC(=O)NCC(C)(O)CC(=O)O)cs1. The maximum absolute atomic E-state index is 11.5. The quantitative estimate of drug-likeness (QED) is 0.586. The first-order valence-corrected chi connectivity index (χ1v) is 7.03. The molecule has 0 radical (unpaired) electrons. The topological polar surface area (TPSA) is 112 Å². The Morgan fingerprint density at radius 2 is 2.15 bits per heavy atom. The van der Waals surface area contributed by atoms with Crippen molar-refractivity contribution >= 4 is 23.3 Å². The molecule has 1 heterocycles. The summed E-state index contributed by atoms with van der Waals surface area (Å²) in [6.07, 6.45) is 0.203. The lowest BCUT2D eigenvalue weighted by atomic mass is 10.0. The van der Waals surface area contributed by atoms with Crippen LogP contribution < -0.4 is 10.6 Å². The van der Waals surface area contributed by atoms with Gasteiger partial charge in [-0.1, -0.05) is 0 Å². The molecule has 1 aromatic heterocycles. The Morgan fingerprint density at radius 3 is 2.70 bits per heavy atom. The maximum Gasteiger partial charge on any atom is 0.314 e. The van der Waals surface area contributed by atoms with Gasteiger partial charge in [-0.2, -0.15) is 0 Å². The van der Waals surface area contributed by atoms with Crippen molar-refractivity contribution < 1.29 is 19.8 Å². The zero-order chi connectivity index (χ0) is 15.2. The molecule has 1 atom stereocenters. The molecule has 0 aliphatic rings. The van der Waals surface area contributed by atoms with Gasteiger partial charge in [0.15, 0.2) is 0 Å². The van der Waals surface area contributed by atoms with Crippen LogP contribution in [0.3, 0.4) is 0 Å².